The molecule has 0 spiro atoms. The summed E-state index contributed by atoms with van der Waals surface area (Å²) in [7, 11) is 0. The van der Waals surface area contributed by atoms with Gasteiger partial charge in [-0.25, -0.2) is 4.39 Å². The van der Waals surface area contributed by atoms with E-state index in [4.69, 9.17) is 5.26 Å². The van der Waals surface area contributed by atoms with Crippen LogP contribution in [0, 0.1) is 17.1 Å². The zero-order valence-electron chi connectivity index (χ0n) is 9.65. The highest BCUT2D eigenvalue weighted by Crippen LogP contribution is 2.18. The van der Waals surface area contributed by atoms with E-state index >= 15 is 0 Å². The number of likely N-dealkylation sites (tertiary alicyclic amines) is 1. The number of rotatable bonds is 2. The number of imide groups is 1. The molecule has 0 unspecified atom stereocenters. The van der Waals surface area contributed by atoms with Gasteiger partial charge in [0.05, 0.1) is 18.2 Å². The monoisotopic (exact) mass is 246 g/mol. The first-order valence-electron chi connectivity index (χ1n) is 5.63. The molecule has 0 aliphatic carbocycles. The molecule has 1 saturated heterocycles. The SMILES string of the molecule is N#Cc1ccc(F)cc1CN1C(=O)CCCC1=O. The summed E-state index contributed by atoms with van der Waals surface area (Å²) in [4.78, 5) is 24.3. The number of amides is 2. The highest BCUT2D eigenvalue weighted by molar-refractivity contribution is 5.97. The van der Waals surface area contributed by atoms with Gasteiger partial charge in [-0.3, -0.25) is 14.5 Å². The van der Waals surface area contributed by atoms with Gasteiger partial charge in [-0.1, -0.05) is 0 Å². The fraction of sp³-hybridized carbons (Fsp3) is 0.308. The van der Waals surface area contributed by atoms with Gasteiger partial charge in [0.25, 0.3) is 0 Å². The van der Waals surface area contributed by atoms with Crippen molar-refractivity contribution in [2.24, 2.45) is 0 Å². The largest absolute Gasteiger partial charge is 0.278 e. The van der Waals surface area contributed by atoms with Crippen molar-refractivity contribution in [3.05, 3.63) is 35.1 Å². The third-order valence-corrected chi connectivity index (χ3v) is 2.90. The number of benzene rings is 1. The molecule has 4 nitrogen and oxygen atoms in total. The number of carbonyl (C=O) groups excluding carboxylic acids is 2. The van der Waals surface area contributed by atoms with Gasteiger partial charge in [0, 0.05) is 12.8 Å². The number of nitriles is 1. The Morgan fingerprint density at radius 3 is 2.56 bits per heavy atom. The van der Waals surface area contributed by atoms with Crippen molar-refractivity contribution in [2.75, 3.05) is 0 Å². The van der Waals surface area contributed by atoms with Crippen LogP contribution in [-0.2, 0) is 16.1 Å². The maximum Gasteiger partial charge on any atom is 0.229 e. The quantitative estimate of drug-likeness (QED) is 0.747. The fourth-order valence-corrected chi connectivity index (χ4v) is 1.95. The second kappa shape index (κ2) is 4.96. The molecule has 0 aromatic heterocycles. The van der Waals surface area contributed by atoms with E-state index in [0.717, 1.165) is 4.90 Å². The minimum atomic E-state index is -0.485. The van der Waals surface area contributed by atoms with Gasteiger partial charge < -0.3 is 0 Å². The number of hydrogen-bond acceptors (Lipinski definition) is 3. The number of nitrogens with zero attached hydrogens (tertiary/aromatic N) is 2. The molecule has 0 radical (unpaired) electrons. The van der Waals surface area contributed by atoms with E-state index in [1.807, 2.05) is 6.07 Å². The average Bonchev–Trinajstić information content (AvgIpc) is 2.34. The molecule has 18 heavy (non-hydrogen) atoms. The maximum absolute atomic E-state index is 13.1. The molecule has 0 atom stereocenters. The van der Waals surface area contributed by atoms with Gasteiger partial charge in [-0.15, -0.1) is 0 Å². The van der Waals surface area contributed by atoms with Crippen LogP contribution in [0.1, 0.15) is 30.4 Å². The number of piperidine rings is 1. The van der Waals surface area contributed by atoms with Crippen LogP contribution in [-0.4, -0.2) is 16.7 Å². The van der Waals surface area contributed by atoms with Crippen molar-refractivity contribution in [3.8, 4) is 6.07 Å². The number of halogens is 1. The number of hydrogen-bond donors (Lipinski definition) is 0. The van der Waals surface area contributed by atoms with Crippen LogP contribution in [0.4, 0.5) is 4.39 Å². The van der Waals surface area contributed by atoms with Crippen LogP contribution >= 0.6 is 0 Å². The summed E-state index contributed by atoms with van der Waals surface area (Å²) in [5.74, 6) is -1.01. The molecule has 0 N–H and O–H groups in total. The van der Waals surface area contributed by atoms with Crippen LogP contribution < -0.4 is 0 Å². The van der Waals surface area contributed by atoms with Gasteiger partial charge in [0.2, 0.25) is 11.8 Å². The van der Waals surface area contributed by atoms with E-state index in [1.54, 1.807) is 0 Å². The van der Waals surface area contributed by atoms with Crippen molar-refractivity contribution in [2.45, 2.75) is 25.8 Å². The summed E-state index contributed by atoms with van der Waals surface area (Å²) in [6.07, 6.45) is 1.20. The molecule has 0 bridgehead atoms. The second-order valence-electron chi connectivity index (χ2n) is 4.14. The molecule has 92 valence electrons. The Labute approximate surface area is 104 Å². The minimum Gasteiger partial charge on any atom is -0.278 e. The third kappa shape index (κ3) is 2.38. The molecule has 1 aromatic rings. The molecule has 1 heterocycles. The third-order valence-electron chi connectivity index (χ3n) is 2.90. The Morgan fingerprint density at radius 1 is 1.28 bits per heavy atom. The molecule has 1 aliphatic heterocycles. The lowest BCUT2D eigenvalue weighted by Crippen LogP contribution is -2.39. The number of carbonyl (C=O) groups is 2. The Kier molecular flexibility index (Phi) is 3.38. The van der Waals surface area contributed by atoms with E-state index in [9.17, 15) is 14.0 Å². The van der Waals surface area contributed by atoms with Crippen molar-refractivity contribution in [1.82, 2.24) is 4.90 Å². The van der Waals surface area contributed by atoms with Gasteiger partial charge >= 0.3 is 0 Å². The summed E-state index contributed by atoms with van der Waals surface area (Å²) in [5, 5.41) is 8.91. The van der Waals surface area contributed by atoms with E-state index in [1.165, 1.54) is 18.2 Å². The molecular formula is C13H11FN2O2. The van der Waals surface area contributed by atoms with Crippen molar-refractivity contribution < 1.29 is 14.0 Å². The Hall–Kier alpha value is -2.22. The van der Waals surface area contributed by atoms with Crippen LogP contribution in [0.2, 0.25) is 0 Å². The summed E-state index contributed by atoms with van der Waals surface area (Å²) in [5.41, 5.74) is 0.642. The zero-order valence-corrected chi connectivity index (χ0v) is 9.65. The van der Waals surface area contributed by atoms with Crippen molar-refractivity contribution in [3.63, 3.8) is 0 Å². The normalized spacial score (nSPS) is 15.7. The summed E-state index contributed by atoms with van der Waals surface area (Å²) < 4.78 is 13.1. The predicted molar refractivity (Wildman–Crippen MR) is 60.5 cm³/mol. The van der Waals surface area contributed by atoms with Crippen molar-refractivity contribution in [1.29, 1.82) is 5.26 Å². The molecular weight excluding hydrogens is 235 g/mol. The molecule has 1 fully saturated rings. The van der Waals surface area contributed by atoms with E-state index in [2.05, 4.69) is 0 Å². The molecule has 2 rings (SSSR count). The Bertz CT molecular complexity index is 532. The predicted octanol–water partition coefficient (Wildman–Crippen LogP) is 1.74. The lowest BCUT2D eigenvalue weighted by Gasteiger charge is -2.25. The smallest absolute Gasteiger partial charge is 0.229 e. The molecule has 1 aliphatic rings. The summed E-state index contributed by atoms with van der Waals surface area (Å²) >= 11 is 0. The first kappa shape index (κ1) is 12.2. The molecule has 5 heteroatoms. The average molecular weight is 246 g/mol. The van der Waals surface area contributed by atoms with Crippen LogP contribution in [0.5, 0.6) is 0 Å². The Morgan fingerprint density at radius 2 is 1.94 bits per heavy atom. The van der Waals surface area contributed by atoms with Gasteiger partial charge in [0.1, 0.15) is 5.82 Å². The highest BCUT2D eigenvalue weighted by atomic mass is 19.1. The van der Waals surface area contributed by atoms with Crippen molar-refractivity contribution >= 4 is 11.8 Å². The van der Waals surface area contributed by atoms with Crippen LogP contribution in [0.15, 0.2) is 18.2 Å². The van der Waals surface area contributed by atoms with E-state index in [-0.39, 0.29) is 23.9 Å². The first-order valence-corrected chi connectivity index (χ1v) is 5.63. The van der Waals surface area contributed by atoms with Crippen LogP contribution in [0.25, 0.3) is 0 Å². The minimum absolute atomic E-state index is 0.0294. The molecule has 2 amide bonds. The van der Waals surface area contributed by atoms with E-state index < -0.39 is 5.82 Å². The highest BCUT2D eigenvalue weighted by Gasteiger charge is 2.26. The topological polar surface area (TPSA) is 61.2 Å². The van der Waals surface area contributed by atoms with Gasteiger partial charge in [0.15, 0.2) is 0 Å². The lowest BCUT2D eigenvalue weighted by molar-refractivity contribution is -0.148. The lowest BCUT2D eigenvalue weighted by atomic mass is 10.0. The van der Waals surface area contributed by atoms with E-state index in [0.29, 0.717) is 24.8 Å². The first-order chi connectivity index (χ1) is 8.61. The maximum atomic E-state index is 13.1. The molecule has 0 saturated carbocycles. The fourth-order valence-electron chi connectivity index (χ4n) is 1.95. The standard InChI is InChI=1S/C13H11FN2O2/c14-11-5-4-9(7-15)10(6-11)8-16-12(17)2-1-3-13(16)18/h4-6H,1-3,8H2. The summed E-state index contributed by atoms with van der Waals surface area (Å²) in [6, 6.07) is 5.65. The Balaban J connectivity index is 2.28. The second-order valence-corrected chi connectivity index (χ2v) is 4.14. The van der Waals surface area contributed by atoms with Gasteiger partial charge in [-0.2, -0.15) is 5.26 Å². The zero-order chi connectivity index (χ0) is 13.1. The molecule has 1 aromatic carbocycles. The van der Waals surface area contributed by atoms with Crippen LogP contribution in [0.3, 0.4) is 0 Å². The van der Waals surface area contributed by atoms with Gasteiger partial charge in [-0.05, 0) is 30.2 Å². The summed E-state index contributed by atoms with van der Waals surface area (Å²) in [6.45, 7) is -0.0294.